The van der Waals surface area contributed by atoms with Gasteiger partial charge in [0.05, 0.1) is 45.8 Å². The summed E-state index contributed by atoms with van der Waals surface area (Å²) in [5.41, 5.74) is 0.371. The summed E-state index contributed by atoms with van der Waals surface area (Å²) in [6.45, 7) is 1.60. The van der Waals surface area contributed by atoms with Crippen LogP contribution in [0.3, 0.4) is 0 Å². The second kappa shape index (κ2) is 15.6. The van der Waals surface area contributed by atoms with Crippen molar-refractivity contribution in [2.75, 3.05) is 53.8 Å². The van der Waals surface area contributed by atoms with E-state index in [2.05, 4.69) is 25.0 Å². The van der Waals surface area contributed by atoms with Gasteiger partial charge in [0.1, 0.15) is 35.9 Å². The lowest BCUT2D eigenvalue weighted by Gasteiger charge is -2.36. The van der Waals surface area contributed by atoms with Crippen molar-refractivity contribution < 1.29 is 41.1 Å². The fourth-order valence-corrected chi connectivity index (χ4v) is 9.13. The molecule has 1 unspecified atom stereocenters. The van der Waals surface area contributed by atoms with Gasteiger partial charge in [0.15, 0.2) is 11.6 Å². The van der Waals surface area contributed by atoms with E-state index in [9.17, 15) is 42.0 Å². The van der Waals surface area contributed by atoms with Crippen LogP contribution in [0.2, 0.25) is 0 Å². The van der Waals surface area contributed by atoms with Crippen LogP contribution in [0.4, 0.5) is 26.1 Å². The fourth-order valence-electron chi connectivity index (χ4n) is 7.85. The van der Waals surface area contributed by atoms with Gasteiger partial charge in [-0.2, -0.15) is 18.0 Å². The highest BCUT2D eigenvalue weighted by Crippen LogP contribution is 2.35. The SMILES string of the molecule is N#Cc1c(NS(=O)(=O)N2CC[C@@H](F)C2)ccc(F)c1Oc1ccc2ncn(-c3cnc(N4CCN(c5ccc6c(c5)C(=O)N(C5CCC(=O)NC5=O)C6=O)CC4)nc3)c(=O)c2c1. The van der Waals surface area contributed by atoms with Crippen LogP contribution in [0.25, 0.3) is 16.6 Å². The predicted octanol–water partition coefficient (Wildman–Crippen LogP) is 2.41. The molecule has 2 aromatic heterocycles. The Balaban J connectivity index is 0.878. The van der Waals surface area contributed by atoms with Crippen molar-refractivity contribution >= 4 is 62.1 Å². The van der Waals surface area contributed by atoms with Crippen molar-refractivity contribution in [3.8, 4) is 23.3 Å². The van der Waals surface area contributed by atoms with E-state index in [0.29, 0.717) is 37.8 Å². The number of carbonyl (C=O) groups excluding carboxylic acids is 4. The highest BCUT2D eigenvalue weighted by Gasteiger charge is 2.45. The third-order valence-electron chi connectivity index (χ3n) is 11.1. The van der Waals surface area contributed by atoms with Gasteiger partial charge in [-0.1, -0.05) is 0 Å². The van der Waals surface area contributed by atoms with Gasteiger partial charge in [0, 0.05) is 51.4 Å². The van der Waals surface area contributed by atoms with Crippen LogP contribution in [-0.4, -0.2) is 112 Å². The third kappa shape index (κ3) is 7.19. The van der Waals surface area contributed by atoms with E-state index >= 15 is 4.39 Å². The van der Waals surface area contributed by atoms with Gasteiger partial charge in [0.2, 0.25) is 17.8 Å². The molecule has 0 bridgehead atoms. The van der Waals surface area contributed by atoms with E-state index in [0.717, 1.165) is 21.3 Å². The molecule has 316 valence electrons. The Bertz CT molecular complexity index is 2940. The number of hydrogen-bond donors (Lipinski definition) is 2. The van der Waals surface area contributed by atoms with Crippen LogP contribution >= 0.6 is 0 Å². The second-order valence-electron chi connectivity index (χ2n) is 14.9. The molecule has 3 saturated heterocycles. The Morgan fingerprint density at radius 2 is 1.60 bits per heavy atom. The molecule has 0 saturated carbocycles. The standard InChI is InChI=1S/C40H33F2N11O8S/c41-22-9-10-51(20-22)62(59,60)48-32-6-4-30(42)35(29(32)17-43)61-25-2-5-31-28(16-25)37(56)52(21-46-31)24-18-44-40(45-19-24)50-13-11-49(12-14-50)23-1-3-26-27(15-23)39(58)53(38(26)57)33-7-8-34(54)47-36(33)55/h1-6,15-16,18-19,21-22,33,48H,7-14,20H2,(H,47,54,55)/t22-,33?/m1/s1. The molecule has 6 heterocycles. The van der Waals surface area contributed by atoms with Gasteiger partial charge in [-0.15, -0.1) is 0 Å². The summed E-state index contributed by atoms with van der Waals surface area (Å²) in [4.78, 5) is 82.6. The number of ether oxygens (including phenoxy) is 1. The Morgan fingerprint density at radius 1 is 0.855 bits per heavy atom. The van der Waals surface area contributed by atoms with Crippen molar-refractivity contribution in [3.05, 3.63) is 100 Å². The van der Waals surface area contributed by atoms with Crippen molar-refractivity contribution in [1.29, 1.82) is 5.26 Å². The fraction of sp³-hybridized carbons (Fsp3) is 0.275. The van der Waals surface area contributed by atoms with Crippen LogP contribution < -0.4 is 30.1 Å². The molecule has 0 aliphatic carbocycles. The minimum absolute atomic E-state index is 0.0219. The van der Waals surface area contributed by atoms with E-state index in [4.69, 9.17) is 4.74 Å². The molecule has 62 heavy (non-hydrogen) atoms. The molecule has 19 nitrogen and oxygen atoms in total. The summed E-state index contributed by atoms with van der Waals surface area (Å²) in [5, 5.41) is 12.2. The van der Waals surface area contributed by atoms with Gasteiger partial charge in [-0.3, -0.25) is 43.5 Å². The minimum atomic E-state index is -4.27. The van der Waals surface area contributed by atoms with Crippen LogP contribution in [0, 0.1) is 17.1 Å². The Kier molecular flexibility index (Phi) is 10.1. The normalized spacial score (nSPS) is 19.5. The van der Waals surface area contributed by atoms with Gasteiger partial charge < -0.3 is 14.5 Å². The lowest BCUT2D eigenvalue weighted by atomic mass is 10.0. The zero-order chi connectivity index (χ0) is 43.4. The molecule has 9 rings (SSSR count). The first kappa shape index (κ1) is 40.0. The van der Waals surface area contributed by atoms with Gasteiger partial charge >= 0.3 is 10.2 Å². The summed E-state index contributed by atoms with van der Waals surface area (Å²) in [5.74, 6) is -3.52. The maximum atomic E-state index is 15.1. The number of nitrogens with one attached hydrogen (secondary N) is 2. The number of carbonyl (C=O) groups is 4. The highest BCUT2D eigenvalue weighted by molar-refractivity contribution is 7.90. The number of amides is 4. The molecule has 4 amide bonds. The molecule has 4 aliphatic heterocycles. The number of halogens is 2. The molecular formula is C40H33F2N11O8S. The first-order chi connectivity index (χ1) is 29.8. The number of fused-ring (bicyclic) bond motifs is 2. The number of aromatic nitrogens is 4. The number of alkyl halides is 1. The average Bonchev–Trinajstić information content (AvgIpc) is 3.82. The Hall–Kier alpha value is -7.38. The maximum absolute atomic E-state index is 15.1. The summed E-state index contributed by atoms with van der Waals surface area (Å²) in [7, 11) is -4.27. The molecule has 2 atom stereocenters. The first-order valence-corrected chi connectivity index (χ1v) is 20.8. The van der Waals surface area contributed by atoms with E-state index in [1.165, 1.54) is 41.5 Å². The molecule has 3 fully saturated rings. The molecule has 0 spiro atoms. The number of rotatable bonds is 9. The van der Waals surface area contributed by atoms with E-state index < -0.39 is 68.7 Å². The quantitative estimate of drug-likeness (QED) is 0.203. The number of imide groups is 2. The van der Waals surface area contributed by atoms with Gasteiger partial charge in [-0.05, 0) is 61.4 Å². The molecular weight excluding hydrogens is 833 g/mol. The second-order valence-corrected chi connectivity index (χ2v) is 16.5. The van der Waals surface area contributed by atoms with Crippen molar-refractivity contribution in [2.45, 2.75) is 31.5 Å². The summed E-state index contributed by atoms with van der Waals surface area (Å²) < 4.78 is 64.7. The van der Waals surface area contributed by atoms with Gasteiger partial charge in [0.25, 0.3) is 17.4 Å². The largest absolute Gasteiger partial charge is 0.453 e. The molecule has 22 heteroatoms. The molecule has 2 N–H and O–H groups in total. The first-order valence-electron chi connectivity index (χ1n) is 19.3. The summed E-state index contributed by atoms with van der Waals surface area (Å²) in [6, 6.07) is 11.8. The van der Waals surface area contributed by atoms with Crippen molar-refractivity contribution in [3.63, 3.8) is 0 Å². The van der Waals surface area contributed by atoms with Gasteiger partial charge in [-0.25, -0.2) is 23.7 Å². The minimum Gasteiger partial charge on any atom is -0.453 e. The number of benzene rings is 3. The zero-order valence-electron chi connectivity index (χ0n) is 32.3. The van der Waals surface area contributed by atoms with Crippen molar-refractivity contribution in [2.24, 2.45) is 0 Å². The number of hydrogen-bond acceptors (Lipinski definition) is 14. The van der Waals surface area contributed by atoms with E-state index in [1.54, 1.807) is 24.3 Å². The number of nitrogens with zero attached hydrogens (tertiary/aromatic N) is 9. The molecule has 0 radical (unpaired) electrons. The van der Waals surface area contributed by atoms with Crippen LogP contribution in [-0.2, 0) is 19.8 Å². The number of nitriles is 1. The summed E-state index contributed by atoms with van der Waals surface area (Å²) >= 11 is 0. The third-order valence-corrected chi connectivity index (χ3v) is 12.6. The number of piperidine rings is 1. The summed E-state index contributed by atoms with van der Waals surface area (Å²) in [6.07, 6.45) is 3.00. The average molecular weight is 866 g/mol. The zero-order valence-corrected chi connectivity index (χ0v) is 33.1. The molecule has 5 aromatic rings. The van der Waals surface area contributed by atoms with E-state index in [1.807, 2.05) is 9.80 Å². The number of piperazine rings is 1. The van der Waals surface area contributed by atoms with Crippen molar-refractivity contribution in [1.82, 2.24) is 34.0 Å². The van der Waals surface area contributed by atoms with E-state index in [-0.39, 0.29) is 71.5 Å². The maximum Gasteiger partial charge on any atom is 0.301 e. The smallest absolute Gasteiger partial charge is 0.301 e. The molecule has 3 aromatic carbocycles. The Labute approximate surface area is 350 Å². The monoisotopic (exact) mass is 865 g/mol. The number of anilines is 3. The molecule has 4 aliphatic rings. The van der Waals surface area contributed by atoms with Crippen LogP contribution in [0.1, 0.15) is 45.5 Å². The lowest BCUT2D eigenvalue weighted by molar-refractivity contribution is -0.136. The highest BCUT2D eigenvalue weighted by atomic mass is 32.2. The van der Waals surface area contributed by atoms with Crippen LogP contribution in [0.15, 0.2) is 72.0 Å². The topological polar surface area (TPSA) is 233 Å². The Morgan fingerprint density at radius 3 is 2.31 bits per heavy atom. The predicted molar refractivity (Wildman–Crippen MR) is 215 cm³/mol. The van der Waals surface area contributed by atoms with Crippen LogP contribution in [0.5, 0.6) is 11.5 Å². The lowest BCUT2D eigenvalue weighted by Crippen LogP contribution is -2.54.